The van der Waals surface area contributed by atoms with Crippen molar-refractivity contribution in [1.82, 2.24) is 9.78 Å². The Kier molecular flexibility index (Phi) is 3.62. The molecule has 0 saturated heterocycles. The molecule has 1 heterocycles. The van der Waals surface area contributed by atoms with Gasteiger partial charge in [0.25, 0.3) is 0 Å². The molecule has 0 aliphatic heterocycles. The van der Waals surface area contributed by atoms with Crippen LogP contribution in [0.15, 0.2) is 30.6 Å². The fourth-order valence-corrected chi connectivity index (χ4v) is 2.02. The lowest BCUT2D eigenvalue weighted by atomic mass is 10.1. The van der Waals surface area contributed by atoms with Gasteiger partial charge in [-0.15, -0.1) is 0 Å². The van der Waals surface area contributed by atoms with Crippen LogP contribution in [-0.4, -0.2) is 16.8 Å². The van der Waals surface area contributed by atoms with Crippen molar-refractivity contribution in [3.8, 4) is 0 Å². The van der Waals surface area contributed by atoms with Crippen LogP contribution in [0, 0.1) is 5.82 Å². The maximum Gasteiger partial charge on any atom is 0.129 e. The minimum Gasteiger partial charge on any atom is -0.370 e. The molecule has 0 aliphatic carbocycles. The van der Waals surface area contributed by atoms with Crippen molar-refractivity contribution >= 4 is 5.69 Å². The largest absolute Gasteiger partial charge is 0.370 e. The van der Waals surface area contributed by atoms with E-state index in [0.717, 1.165) is 11.3 Å². The van der Waals surface area contributed by atoms with Gasteiger partial charge in [0.1, 0.15) is 5.82 Å². The zero-order chi connectivity index (χ0) is 13.1. The van der Waals surface area contributed by atoms with E-state index >= 15 is 0 Å². The molecule has 0 bridgehead atoms. The third-order valence-corrected chi connectivity index (χ3v) is 2.89. The molecule has 18 heavy (non-hydrogen) atoms. The van der Waals surface area contributed by atoms with Gasteiger partial charge in [-0.25, -0.2) is 4.39 Å². The van der Waals surface area contributed by atoms with Crippen LogP contribution in [0.5, 0.6) is 0 Å². The number of aryl methyl sites for hydroxylation is 1. The standard InChI is InChI=1S/C13H17FN4/c1-17(8-10-7-16-18(2)9-10)13-5-3-4-12(14)11(13)6-15/h3-5,7,9H,6,8,15H2,1-2H3. The summed E-state index contributed by atoms with van der Waals surface area (Å²) in [7, 11) is 3.79. The Balaban J connectivity index is 2.23. The van der Waals surface area contributed by atoms with Crippen molar-refractivity contribution in [2.75, 3.05) is 11.9 Å². The minimum absolute atomic E-state index is 0.194. The number of nitrogens with zero attached hydrogens (tertiary/aromatic N) is 3. The first-order valence-electron chi connectivity index (χ1n) is 5.78. The van der Waals surface area contributed by atoms with Gasteiger partial charge in [0, 0.05) is 50.2 Å². The second-order valence-corrected chi connectivity index (χ2v) is 4.32. The van der Waals surface area contributed by atoms with E-state index in [1.165, 1.54) is 6.07 Å². The SMILES string of the molecule is CN(Cc1cnn(C)c1)c1cccc(F)c1CN. The minimum atomic E-state index is -0.256. The van der Waals surface area contributed by atoms with Crippen molar-refractivity contribution in [2.24, 2.45) is 12.8 Å². The summed E-state index contributed by atoms with van der Waals surface area (Å²) in [5, 5.41) is 4.11. The highest BCUT2D eigenvalue weighted by Crippen LogP contribution is 2.23. The Hall–Kier alpha value is -1.88. The van der Waals surface area contributed by atoms with E-state index in [4.69, 9.17) is 5.73 Å². The molecule has 0 fully saturated rings. The Morgan fingerprint density at radius 1 is 1.44 bits per heavy atom. The summed E-state index contributed by atoms with van der Waals surface area (Å²) < 4.78 is 15.4. The number of hydrogen-bond acceptors (Lipinski definition) is 3. The van der Waals surface area contributed by atoms with Crippen LogP contribution >= 0.6 is 0 Å². The predicted molar refractivity (Wildman–Crippen MR) is 69.6 cm³/mol. The van der Waals surface area contributed by atoms with E-state index in [-0.39, 0.29) is 12.4 Å². The number of rotatable bonds is 4. The molecule has 0 amide bonds. The molecular weight excluding hydrogens is 231 g/mol. The van der Waals surface area contributed by atoms with Crippen LogP contribution in [0.1, 0.15) is 11.1 Å². The summed E-state index contributed by atoms with van der Waals surface area (Å²) in [5.41, 5.74) is 8.05. The summed E-state index contributed by atoms with van der Waals surface area (Å²) in [5.74, 6) is -0.256. The van der Waals surface area contributed by atoms with Gasteiger partial charge in [-0.3, -0.25) is 4.68 Å². The molecule has 1 aromatic carbocycles. The van der Waals surface area contributed by atoms with Gasteiger partial charge in [-0.2, -0.15) is 5.10 Å². The number of aromatic nitrogens is 2. The van der Waals surface area contributed by atoms with Crippen LogP contribution in [0.2, 0.25) is 0 Å². The van der Waals surface area contributed by atoms with E-state index < -0.39 is 0 Å². The lowest BCUT2D eigenvalue weighted by Crippen LogP contribution is -2.19. The molecule has 0 saturated carbocycles. The number of halogens is 1. The normalized spacial score (nSPS) is 10.7. The van der Waals surface area contributed by atoms with E-state index in [2.05, 4.69) is 5.10 Å². The molecule has 5 heteroatoms. The first-order chi connectivity index (χ1) is 8.61. The summed E-state index contributed by atoms with van der Waals surface area (Å²) in [6.07, 6.45) is 3.75. The van der Waals surface area contributed by atoms with Crippen LogP contribution in [0.4, 0.5) is 10.1 Å². The van der Waals surface area contributed by atoms with E-state index in [1.54, 1.807) is 16.9 Å². The molecule has 2 rings (SSSR count). The molecule has 1 aromatic heterocycles. The van der Waals surface area contributed by atoms with Gasteiger partial charge in [0.15, 0.2) is 0 Å². The Bertz CT molecular complexity index is 536. The Labute approximate surface area is 106 Å². The highest BCUT2D eigenvalue weighted by molar-refractivity contribution is 5.53. The second kappa shape index (κ2) is 5.18. The highest BCUT2D eigenvalue weighted by Gasteiger charge is 2.11. The summed E-state index contributed by atoms with van der Waals surface area (Å²) in [6, 6.07) is 5.01. The third-order valence-electron chi connectivity index (χ3n) is 2.89. The Morgan fingerprint density at radius 2 is 2.22 bits per heavy atom. The zero-order valence-corrected chi connectivity index (χ0v) is 10.6. The molecule has 0 radical (unpaired) electrons. The van der Waals surface area contributed by atoms with Gasteiger partial charge < -0.3 is 10.6 Å². The molecule has 0 spiro atoms. The lowest BCUT2D eigenvalue weighted by molar-refractivity contribution is 0.609. The maximum absolute atomic E-state index is 13.6. The zero-order valence-electron chi connectivity index (χ0n) is 10.6. The lowest BCUT2D eigenvalue weighted by Gasteiger charge is -2.21. The third kappa shape index (κ3) is 2.51. The predicted octanol–water partition coefficient (Wildman–Crippen LogP) is 1.65. The van der Waals surface area contributed by atoms with Crippen LogP contribution in [0.25, 0.3) is 0 Å². The van der Waals surface area contributed by atoms with Crippen molar-refractivity contribution in [1.29, 1.82) is 0 Å². The molecule has 96 valence electrons. The highest BCUT2D eigenvalue weighted by atomic mass is 19.1. The fourth-order valence-electron chi connectivity index (χ4n) is 2.02. The number of nitrogens with two attached hydrogens (primary N) is 1. The summed E-state index contributed by atoms with van der Waals surface area (Å²) in [6.45, 7) is 0.865. The smallest absolute Gasteiger partial charge is 0.129 e. The second-order valence-electron chi connectivity index (χ2n) is 4.32. The molecule has 0 unspecified atom stereocenters. The molecular formula is C13H17FN4. The molecule has 2 aromatic rings. The monoisotopic (exact) mass is 248 g/mol. The van der Waals surface area contributed by atoms with E-state index in [1.807, 2.05) is 31.3 Å². The van der Waals surface area contributed by atoms with Gasteiger partial charge in [0.2, 0.25) is 0 Å². The van der Waals surface area contributed by atoms with E-state index in [0.29, 0.717) is 12.1 Å². The molecule has 0 aliphatic rings. The average molecular weight is 248 g/mol. The number of anilines is 1. The molecule has 0 atom stereocenters. The van der Waals surface area contributed by atoms with Crippen LogP contribution < -0.4 is 10.6 Å². The number of hydrogen-bond donors (Lipinski definition) is 1. The quantitative estimate of drug-likeness (QED) is 0.895. The topological polar surface area (TPSA) is 47.1 Å². The van der Waals surface area contributed by atoms with Gasteiger partial charge >= 0.3 is 0 Å². The first-order valence-corrected chi connectivity index (χ1v) is 5.78. The summed E-state index contributed by atoms with van der Waals surface area (Å²) >= 11 is 0. The van der Waals surface area contributed by atoms with Crippen molar-refractivity contribution in [3.05, 3.63) is 47.5 Å². The van der Waals surface area contributed by atoms with Crippen molar-refractivity contribution in [3.63, 3.8) is 0 Å². The molecule has 4 nitrogen and oxygen atoms in total. The average Bonchev–Trinajstić information content (AvgIpc) is 2.74. The first kappa shape index (κ1) is 12.6. The molecule has 2 N–H and O–H groups in total. The van der Waals surface area contributed by atoms with Gasteiger partial charge in [-0.05, 0) is 12.1 Å². The van der Waals surface area contributed by atoms with E-state index in [9.17, 15) is 4.39 Å². The fraction of sp³-hybridized carbons (Fsp3) is 0.308. The van der Waals surface area contributed by atoms with Crippen LogP contribution in [0.3, 0.4) is 0 Å². The summed E-state index contributed by atoms with van der Waals surface area (Å²) in [4.78, 5) is 1.97. The maximum atomic E-state index is 13.6. The van der Waals surface area contributed by atoms with Crippen LogP contribution in [-0.2, 0) is 20.1 Å². The Morgan fingerprint density at radius 3 is 2.83 bits per heavy atom. The van der Waals surface area contributed by atoms with Crippen molar-refractivity contribution < 1.29 is 4.39 Å². The van der Waals surface area contributed by atoms with Gasteiger partial charge in [0.05, 0.1) is 6.20 Å². The number of benzene rings is 1. The van der Waals surface area contributed by atoms with Crippen molar-refractivity contribution in [2.45, 2.75) is 13.1 Å². The van der Waals surface area contributed by atoms with Gasteiger partial charge in [-0.1, -0.05) is 6.07 Å².